The van der Waals surface area contributed by atoms with E-state index in [1.165, 1.54) is 24.8 Å². The van der Waals surface area contributed by atoms with E-state index in [4.69, 9.17) is 0 Å². The first-order valence-corrected chi connectivity index (χ1v) is 10.6. The number of hydrogen-bond acceptors (Lipinski definition) is 2. The van der Waals surface area contributed by atoms with Crippen molar-refractivity contribution in [3.63, 3.8) is 0 Å². The van der Waals surface area contributed by atoms with Gasteiger partial charge in [-0.15, -0.1) is 0 Å². The molecule has 0 saturated heterocycles. The minimum absolute atomic E-state index is 0.0828. The fraction of sp³-hybridized carbons (Fsp3) is 0.636. The number of carbonyl (C=O) groups excluding carboxylic acids is 2. The fourth-order valence-electron chi connectivity index (χ4n) is 4.27. The Hall–Kier alpha value is -2.04. The molecule has 3 N–H and O–H groups in total. The smallest absolute Gasteiger partial charge is 0.315 e. The van der Waals surface area contributed by atoms with Crippen LogP contribution in [-0.4, -0.2) is 30.6 Å². The number of carbonyl (C=O) groups is 2. The van der Waals surface area contributed by atoms with Crippen LogP contribution in [0.25, 0.3) is 0 Å². The summed E-state index contributed by atoms with van der Waals surface area (Å²) in [5.41, 5.74) is 1.23. The third-order valence-corrected chi connectivity index (χ3v) is 5.93. The third kappa shape index (κ3) is 6.56. The summed E-state index contributed by atoms with van der Waals surface area (Å²) in [4.78, 5) is 24.4. The molecule has 0 aromatic heterocycles. The molecule has 2 saturated carbocycles. The van der Waals surface area contributed by atoms with E-state index in [1.54, 1.807) is 0 Å². The Bertz CT molecular complexity index is 591. The Labute approximate surface area is 162 Å². The topological polar surface area (TPSA) is 70.2 Å². The Morgan fingerprint density at radius 3 is 2.11 bits per heavy atom. The normalized spacial score (nSPS) is 23.4. The first kappa shape index (κ1) is 19.7. The molecule has 1 aromatic rings. The molecule has 0 aliphatic heterocycles. The van der Waals surface area contributed by atoms with Crippen LogP contribution < -0.4 is 16.0 Å². The summed E-state index contributed by atoms with van der Waals surface area (Å²) in [6.07, 6.45) is 10.4. The Morgan fingerprint density at radius 2 is 1.44 bits per heavy atom. The van der Waals surface area contributed by atoms with Crippen molar-refractivity contribution in [2.24, 2.45) is 5.92 Å². The molecule has 0 bridgehead atoms. The van der Waals surface area contributed by atoms with E-state index in [2.05, 4.69) is 28.1 Å². The predicted octanol–water partition coefficient (Wildman–Crippen LogP) is 3.54. The second kappa shape index (κ2) is 10.3. The molecule has 0 heterocycles. The number of urea groups is 1. The lowest BCUT2D eigenvalue weighted by Gasteiger charge is -2.31. The Balaban J connectivity index is 1.29. The minimum Gasteiger partial charge on any atom is -0.353 e. The van der Waals surface area contributed by atoms with Gasteiger partial charge in [0, 0.05) is 24.5 Å². The van der Waals surface area contributed by atoms with Crippen molar-refractivity contribution in [1.82, 2.24) is 16.0 Å². The summed E-state index contributed by atoms with van der Waals surface area (Å²) >= 11 is 0. The van der Waals surface area contributed by atoms with Gasteiger partial charge >= 0.3 is 6.03 Å². The molecule has 2 aliphatic rings. The molecule has 0 spiro atoms. The monoisotopic (exact) mass is 371 g/mol. The second-order valence-electron chi connectivity index (χ2n) is 8.03. The highest BCUT2D eigenvalue weighted by Crippen LogP contribution is 2.25. The number of amides is 3. The van der Waals surface area contributed by atoms with Gasteiger partial charge < -0.3 is 16.0 Å². The van der Waals surface area contributed by atoms with Crippen LogP contribution in [0.4, 0.5) is 4.79 Å². The minimum atomic E-state index is -0.0828. The maximum atomic E-state index is 12.4. The Kier molecular flexibility index (Phi) is 7.55. The molecule has 1 aromatic carbocycles. The van der Waals surface area contributed by atoms with Crippen LogP contribution in [0.2, 0.25) is 0 Å². The first-order valence-electron chi connectivity index (χ1n) is 10.6. The number of rotatable bonds is 6. The highest BCUT2D eigenvalue weighted by atomic mass is 16.2. The van der Waals surface area contributed by atoms with Crippen LogP contribution in [0.1, 0.15) is 63.4 Å². The molecule has 27 heavy (non-hydrogen) atoms. The zero-order valence-corrected chi connectivity index (χ0v) is 16.2. The lowest BCUT2D eigenvalue weighted by molar-refractivity contribution is -0.126. The van der Waals surface area contributed by atoms with E-state index in [9.17, 15) is 9.59 Å². The van der Waals surface area contributed by atoms with Crippen molar-refractivity contribution >= 4 is 11.9 Å². The maximum absolute atomic E-state index is 12.4. The number of nitrogens with one attached hydrogen (secondary N) is 3. The quantitative estimate of drug-likeness (QED) is 0.716. The van der Waals surface area contributed by atoms with E-state index in [0.717, 1.165) is 44.9 Å². The molecule has 2 aliphatic carbocycles. The summed E-state index contributed by atoms with van der Waals surface area (Å²) in [6.45, 7) is 0.642. The predicted molar refractivity (Wildman–Crippen MR) is 107 cm³/mol. The van der Waals surface area contributed by atoms with E-state index in [1.807, 2.05) is 18.2 Å². The van der Waals surface area contributed by atoms with E-state index < -0.39 is 0 Å². The van der Waals surface area contributed by atoms with Crippen molar-refractivity contribution < 1.29 is 9.59 Å². The van der Waals surface area contributed by atoms with Crippen molar-refractivity contribution in [3.8, 4) is 0 Å². The molecule has 148 valence electrons. The second-order valence-corrected chi connectivity index (χ2v) is 8.03. The fourth-order valence-corrected chi connectivity index (χ4v) is 4.27. The van der Waals surface area contributed by atoms with Gasteiger partial charge in [0.25, 0.3) is 0 Å². The molecular weight excluding hydrogens is 338 g/mol. The number of hydrogen-bond donors (Lipinski definition) is 3. The zero-order valence-electron chi connectivity index (χ0n) is 16.2. The summed E-state index contributed by atoms with van der Waals surface area (Å²) in [6, 6.07) is 10.6. The van der Waals surface area contributed by atoms with Crippen molar-refractivity contribution in [2.45, 2.75) is 76.3 Å². The van der Waals surface area contributed by atoms with Crippen LogP contribution in [0, 0.1) is 5.92 Å². The van der Waals surface area contributed by atoms with Gasteiger partial charge in [-0.1, -0.05) is 49.6 Å². The van der Waals surface area contributed by atoms with Gasteiger partial charge in [0.15, 0.2) is 0 Å². The summed E-state index contributed by atoms with van der Waals surface area (Å²) in [5, 5.41) is 9.27. The highest BCUT2D eigenvalue weighted by Gasteiger charge is 2.27. The van der Waals surface area contributed by atoms with Gasteiger partial charge in [0.1, 0.15) is 0 Å². The standard InChI is InChI=1S/C22H33N3O2/c26-21(18-9-5-2-6-10-18)24-19-11-13-20(14-12-19)25-22(27)23-16-15-17-7-3-1-4-8-17/h1,3-4,7-8,18-20H,2,5-6,9-16H2,(H,24,26)(H2,23,25,27). The van der Waals surface area contributed by atoms with Gasteiger partial charge in [-0.05, 0) is 50.5 Å². The first-order chi connectivity index (χ1) is 13.2. The maximum Gasteiger partial charge on any atom is 0.315 e. The summed E-state index contributed by atoms with van der Waals surface area (Å²) in [5.74, 6) is 0.481. The molecule has 0 radical (unpaired) electrons. The zero-order chi connectivity index (χ0) is 18.9. The lowest BCUT2D eigenvalue weighted by atomic mass is 9.87. The molecule has 3 rings (SSSR count). The molecule has 0 unspecified atom stereocenters. The summed E-state index contributed by atoms with van der Waals surface area (Å²) in [7, 11) is 0. The van der Waals surface area contributed by atoms with Crippen molar-refractivity contribution in [2.75, 3.05) is 6.54 Å². The molecule has 2 fully saturated rings. The van der Waals surface area contributed by atoms with Gasteiger partial charge in [-0.2, -0.15) is 0 Å². The molecule has 5 nitrogen and oxygen atoms in total. The van der Waals surface area contributed by atoms with Gasteiger partial charge in [0.2, 0.25) is 5.91 Å². The Morgan fingerprint density at radius 1 is 0.815 bits per heavy atom. The molecule has 3 amide bonds. The van der Waals surface area contributed by atoms with Crippen molar-refractivity contribution in [3.05, 3.63) is 35.9 Å². The molecule has 5 heteroatoms. The van der Waals surface area contributed by atoms with Crippen LogP contribution in [-0.2, 0) is 11.2 Å². The third-order valence-electron chi connectivity index (χ3n) is 5.93. The van der Waals surface area contributed by atoms with Gasteiger partial charge in [-0.3, -0.25) is 4.79 Å². The molecular formula is C22H33N3O2. The SMILES string of the molecule is O=C(NCCc1ccccc1)NC1CCC(NC(=O)C2CCCCC2)CC1. The van der Waals surface area contributed by atoms with Crippen LogP contribution in [0.15, 0.2) is 30.3 Å². The average molecular weight is 372 g/mol. The molecule has 0 atom stereocenters. The highest BCUT2D eigenvalue weighted by molar-refractivity contribution is 5.79. The van der Waals surface area contributed by atoms with E-state index in [0.29, 0.717) is 6.54 Å². The number of benzene rings is 1. The average Bonchev–Trinajstić information content (AvgIpc) is 2.71. The summed E-state index contributed by atoms with van der Waals surface area (Å²) < 4.78 is 0. The lowest BCUT2D eigenvalue weighted by Crippen LogP contribution is -2.47. The van der Waals surface area contributed by atoms with E-state index >= 15 is 0 Å². The van der Waals surface area contributed by atoms with E-state index in [-0.39, 0.29) is 29.9 Å². The van der Waals surface area contributed by atoms with Crippen LogP contribution >= 0.6 is 0 Å². The van der Waals surface area contributed by atoms with Gasteiger partial charge in [-0.25, -0.2) is 4.79 Å². The van der Waals surface area contributed by atoms with Crippen LogP contribution in [0.3, 0.4) is 0 Å². The largest absolute Gasteiger partial charge is 0.353 e. The van der Waals surface area contributed by atoms with Gasteiger partial charge in [0.05, 0.1) is 0 Å². The van der Waals surface area contributed by atoms with Crippen molar-refractivity contribution in [1.29, 1.82) is 0 Å². The van der Waals surface area contributed by atoms with Crippen LogP contribution in [0.5, 0.6) is 0 Å².